The van der Waals surface area contributed by atoms with Crippen molar-refractivity contribution in [3.63, 3.8) is 0 Å². The summed E-state index contributed by atoms with van der Waals surface area (Å²) in [5.74, 6) is 0.523. The molecule has 4 rings (SSSR count). The maximum atomic E-state index is 13.0. The maximum Gasteiger partial charge on any atom is 0.343 e. The van der Waals surface area contributed by atoms with E-state index < -0.39 is 5.97 Å². The smallest absolute Gasteiger partial charge is 0.343 e. The van der Waals surface area contributed by atoms with Crippen LogP contribution in [-0.4, -0.2) is 18.1 Å². The monoisotopic (exact) mass is 421 g/mol. The van der Waals surface area contributed by atoms with Gasteiger partial charge in [0.15, 0.2) is 0 Å². The average Bonchev–Trinajstić information content (AvgIpc) is 3.19. The summed E-state index contributed by atoms with van der Waals surface area (Å²) in [7, 11) is 1.56. The summed E-state index contributed by atoms with van der Waals surface area (Å²) in [6.45, 7) is 3.81. The van der Waals surface area contributed by atoms with Gasteiger partial charge in [-0.1, -0.05) is 6.92 Å². The number of carbonyl (C=O) groups excluding carboxylic acids is 1. The van der Waals surface area contributed by atoms with E-state index in [0.29, 0.717) is 45.0 Å². The first-order chi connectivity index (χ1) is 14.5. The van der Waals surface area contributed by atoms with Crippen molar-refractivity contribution in [2.45, 2.75) is 20.3 Å². The van der Waals surface area contributed by atoms with Crippen molar-refractivity contribution in [3.8, 4) is 22.1 Å². The van der Waals surface area contributed by atoms with Crippen LogP contribution in [0.2, 0.25) is 0 Å². The molecule has 0 bridgehead atoms. The molecule has 7 heteroatoms. The van der Waals surface area contributed by atoms with E-state index in [1.165, 1.54) is 17.6 Å². The van der Waals surface area contributed by atoms with E-state index >= 15 is 0 Å². The molecular weight excluding hydrogens is 402 g/mol. The molecule has 0 radical (unpaired) electrons. The Morgan fingerprint density at radius 3 is 2.60 bits per heavy atom. The van der Waals surface area contributed by atoms with Gasteiger partial charge in [-0.25, -0.2) is 9.78 Å². The number of thiazole rings is 1. The highest BCUT2D eigenvalue weighted by atomic mass is 32.1. The molecule has 30 heavy (non-hydrogen) atoms. The van der Waals surface area contributed by atoms with Gasteiger partial charge in [-0.3, -0.25) is 4.79 Å². The van der Waals surface area contributed by atoms with Gasteiger partial charge in [0, 0.05) is 17.1 Å². The third-order valence-electron chi connectivity index (χ3n) is 4.71. The summed E-state index contributed by atoms with van der Waals surface area (Å²) in [5.41, 5.74) is 2.60. The molecule has 0 unspecified atom stereocenters. The number of benzene rings is 2. The molecular formula is C23H19NO5S. The van der Waals surface area contributed by atoms with Crippen LogP contribution in [0.25, 0.3) is 21.5 Å². The van der Waals surface area contributed by atoms with Crippen molar-refractivity contribution in [3.05, 3.63) is 75.1 Å². The van der Waals surface area contributed by atoms with Crippen molar-refractivity contribution >= 4 is 28.3 Å². The summed E-state index contributed by atoms with van der Waals surface area (Å²) in [6.07, 6.45) is 1.99. The number of carbonyl (C=O) groups is 1. The van der Waals surface area contributed by atoms with Crippen molar-refractivity contribution in [2.24, 2.45) is 0 Å². The van der Waals surface area contributed by atoms with E-state index in [4.69, 9.17) is 13.9 Å². The van der Waals surface area contributed by atoms with E-state index in [-0.39, 0.29) is 5.43 Å². The molecule has 0 aliphatic carbocycles. The van der Waals surface area contributed by atoms with E-state index in [9.17, 15) is 9.59 Å². The first-order valence-corrected chi connectivity index (χ1v) is 10.2. The van der Waals surface area contributed by atoms with Crippen LogP contribution in [0.15, 0.2) is 57.3 Å². The van der Waals surface area contributed by atoms with Crippen LogP contribution >= 0.6 is 11.3 Å². The third-order valence-corrected chi connectivity index (χ3v) is 5.71. The zero-order valence-corrected chi connectivity index (χ0v) is 17.5. The van der Waals surface area contributed by atoms with Crippen LogP contribution in [0.4, 0.5) is 0 Å². The number of nitrogens with zero attached hydrogens (tertiary/aromatic N) is 1. The molecule has 0 aliphatic rings. The fourth-order valence-corrected chi connectivity index (χ4v) is 3.88. The predicted octanol–water partition coefficient (Wildman–Crippen LogP) is 5.02. The summed E-state index contributed by atoms with van der Waals surface area (Å²) >= 11 is 1.40. The van der Waals surface area contributed by atoms with Crippen molar-refractivity contribution in [2.75, 3.05) is 7.11 Å². The minimum absolute atomic E-state index is 0.159. The third kappa shape index (κ3) is 3.71. The van der Waals surface area contributed by atoms with E-state index in [1.807, 2.05) is 19.2 Å². The molecule has 2 heterocycles. The van der Waals surface area contributed by atoms with Gasteiger partial charge in [0.25, 0.3) is 0 Å². The van der Waals surface area contributed by atoms with Crippen LogP contribution < -0.4 is 14.9 Å². The number of esters is 1. The molecule has 0 fully saturated rings. The highest BCUT2D eigenvalue weighted by molar-refractivity contribution is 7.13. The Kier molecular flexibility index (Phi) is 5.37. The average molecular weight is 421 g/mol. The lowest BCUT2D eigenvalue weighted by Gasteiger charge is -2.11. The zero-order valence-electron chi connectivity index (χ0n) is 16.7. The quantitative estimate of drug-likeness (QED) is 0.333. The first kappa shape index (κ1) is 19.8. The van der Waals surface area contributed by atoms with Crippen LogP contribution in [0.3, 0.4) is 0 Å². The number of fused-ring (bicyclic) bond motifs is 1. The van der Waals surface area contributed by atoms with E-state index in [0.717, 1.165) is 11.3 Å². The predicted molar refractivity (Wildman–Crippen MR) is 116 cm³/mol. The molecule has 0 N–H and O–H groups in total. The topological polar surface area (TPSA) is 78.6 Å². The van der Waals surface area contributed by atoms with Crippen molar-refractivity contribution in [1.29, 1.82) is 0 Å². The number of hydrogen-bond acceptors (Lipinski definition) is 7. The van der Waals surface area contributed by atoms with Crippen LogP contribution in [0, 0.1) is 6.92 Å². The van der Waals surface area contributed by atoms with Crippen LogP contribution in [-0.2, 0) is 6.42 Å². The maximum absolute atomic E-state index is 13.0. The Morgan fingerprint density at radius 1 is 1.20 bits per heavy atom. The standard InChI is InChI=1S/C23H19NO5S/c1-4-14-9-17-20(28-11-18(21(17)25)22-24-13(2)12-30-22)10-19(14)29-23(26)15-5-7-16(27-3)8-6-15/h5-12H,4H2,1-3H3. The lowest BCUT2D eigenvalue weighted by atomic mass is 10.1. The lowest BCUT2D eigenvalue weighted by molar-refractivity contribution is 0.0733. The number of hydrogen-bond donors (Lipinski definition) is 0. The second-order valence-electron chi connectivity index (χ2n) is 6.70. The Hall–Kier alpha value is -3.45. The number of methoxy groups -OCH3 is 1. The van der Waals surface area contributed by atoms with Gasteiger partial charge >= 0.3 is 5.97 Å². The van der Waals surface area contributed by atoms with E-state index in [2.05, 4.69) is 4.98 Å². The van der Waals surface area contributed by atoms with Gasteiger partial charge in [-0.15, -0.1) is 11.3 Å². The number of aromatic nitrogens is 1. The normalized spacial score (nSPS) is 10.9. The summed E-state index contributed by atoms with van der Waals surface area (Å²) in [4.78, 5) is 29.9. The molecule has 0 aliphatic heterocycles. The minimum Gasteiger partial charge on any atom is -0.497 e. The number of aryl methyl sites for hydroxylation is 2. The van der Waals surface area contributed by atoms with Crippen molar-refractivity contribution < 1.29 is 18.7 Å². The fourth-order valence-electron chi connectivity index (χ4n) is 3.08. The van der Waals surface area contributed by atoms with Crippen molar-refractivity contribution in [1.82, 2.24) is 4.98 Å². The number of ether oxygens (including phenoxy) is 2. The summed E-state index contributed by atoms with van der Waals surface area (Å²) in [5, 5.41) is 2.94. The molecule has 0 atom stereocenters. The van der Waals surface area contributed by atoms with Gasteiger partial charge < -0.3 is 13.9 Å². The fraction of sp³-hybridized carbons (Fsp3) is 0.174. The molecule has 2 aromatic carbocycles. The van der Waals surface area contributed by atoms with Gasteiger partial charge in [0.2, 0.25) is 5.43 Å². The zero-order chi connectivity index (χ0) is 21.3. The molecule has 4 aromatic rings. The summed E-state index contributed by atoms with van der Waals surface area (Å²) in [6, 6.07) is 9.97. The second kappa shape index (κ2) is 8.12. The van der Waals surface area contributed by atoms with Crippen LogP contribution in [0.5, 0.6) is 11.5 Å². The first-order valence-electron chi connectivity index (χ1n) is 9.37. The van der Waals surface area contributed by atoms with Gasteiger partial charge in [0.05, 0.1) is 23.6 Å². The number of rotatable bonds is 5. The van der Waals surface area contributed by atoms with Crippen LogP contribution in [0.1, 0.15) is 28.5 Å². The SMILES string of the molecule is CCc1cc2c(=O)c(-c3nc(C)cs3)coc2cc1OC(=O)c1ccc(OC)cc1. The molecule has 0 amide bonds. The second-order valence-corrected chi connectivity index (χ2v) is 7.56. The molecule has 152 valence electrons. The molecule has 0 saturated heterocycles. The Morgan fingerprint density at radius 2 is 1.97 bits per heavy atom. The molecule has 6 nitrogen and oxygen atoms in total. The Balaban J connectivity index is 1.72. The highest BCUT2D eigenvalue weighted by Crippen LogP contribution is 2.29. The van der Waals surface area contributed by atoms with E-state index in [1.54, 1.807) is 43.5 Å². The molecule has 2 aromatic heterocycles. The summed E-state index contributed by atoms with van der Waals surface area (Å²) < 4.78 is 16.4. The van der Waals surface area contributed by atoms with Gasteiger partial charge in [-0.05, 0) is 49.2 Å². The largest absolute Gasteiger partial charge is 0.497 e. The van der Waals surface area contributed by atoms with Gasteiger partial charge in [-0.2, -0.15) is 0 Å². The minimum atomic E-state index is -0.496. The lowest BCUT2D eigenvalue weighted by Crippen LogP contribution is -2.11. The molecule has 0 spiro atoms. The Labute approximate surface area is 176 Å². The van der Waals surface area contributed by atoms with Gasteiger partial charge in [0.1, 0.15) is 28.4 Å². The molecule has 0 saturated carbocycles. The highest BCUT2D eigenvalue weighted by Gasteiger charge is 2.17. The Bertz CT molecular complexity index is 1290.